The fourth-order valence-electron chi connectivity index (χ4n) is 2.02. The van der Waals surface area contributed by atoms with E-state index in [2.05, 4.69) is 0 Å². The molecule has 1 heterocycles. The quantitative estimate of drug-likeness (QED) is 0.836. The van der Waals surface area contributed by atoms with Gasteiger partial charge < -0.3 is 10.6 Å². The molecule has 88 valence electrons. The average molecular weight is 226 g/mol. The number of hydrogen-bond acceptors (Lipinski definition) is 2. The number of halogens is 2. The second kappa shape index (κ2) is 4.37. The van der Waals surface area contributed by atoms with Gasteiger partial charge in [-0.05, 0) is 31.0 Å². The summed E-state index contributed by atoms with van der Waals surface area (Å²) in [4.78, 5) is 2.05. The Kier molecular flexibility index (Phi) is 3.10. The van der Waals surface area contributed by atoms with Crippen molar-refractivity contribution < 1.29 is 8.78 Å². The SMILES string of the molecule is NC1(CF)CCN(c2cccc(F)c2)CC1. The van der Waals surface area contributed by atoms with Gasteiger partial charge >= 0.3 is 0 Å². The van der Waals surface area contributed by atoms with Gasteiger partial charge in [0.25, 0.3) is 0 Å². The van der Waals surface area contributed by atoms with Crippen LogP contribution in [0.4, 0.5) is 14.5 Å². The third-order valence-electron chi connectivity index (χ3n) is 3.20. The van der Waals surface area contributed by atoms with E-state index in [0.29, 0.717) is 25.9 Å². The van der Waals surface area contributed by atoms with E-state index in [-0.39, 0.29) is 5.82 Å². The van der Waals surface area contributed by atoms with E-state index in [1.54, 1.807) is 6.07 Å². The van der Waals surface area contributed by atoms with Crippen LogP contribution in [0.25, 0.3) is 0 Å². The van der Waals surface area contributed by atoms with Gasteiger partial charge in [-0.3, -0.25) is 0 Å². The summed E-state index contributed by atoms with van der Waals surface area (Å²) in [5, 5.41) is 0. The van der Waals surface area contributed by atoms with E-state index in [0.717, 1.165) is 5.69 Å². The highest BCUT2D eigenvalue weighted by atomic mass is 19.1. The van der Waals surface area contributed by atoms with Crippen molar-refractivity contribution in [3.05, 3.63) is 30.1 Å². The van der Waals surface area contributed by atoms with Crippen LogP contribution < -0.4 is 10.6 Å². The fourth-order valence-corrected chi connectivity index (χ4v) is 2.02. The van der Waals surface area contributed by atoms with Gasteiger partial charge in [-0.15, -0.1) is 0 Å². The zero-order valence-corrected chi connectivity index (χ0v) is 9.13. The van der Waals surface area contributed by atoms with Crippen molar-refractivity contribution in [3.8, 4) is 0 Å². The highest BCUT2D eigenvalue weighted by molar-refractivity contribution is 5.47. The van der Waals surface area contributed by atoms with Gasteiger partial charge in [0.2, 0.25) is 0 Å². The Morgan fingerprint density at radius 1 is 1.31 bits per heavy atom. The highest BCUT2D eigenvalue weighted by Gasteiger charge is 2.30. The smallest absolute Gasteiger partial charge is 0.125 e. The first-order valence-electron chi connectivity index (χ1n) is 5.48. The van der Waals surface area contributed by atoms with Crippen LogP contribution in [0.5, 0.6) is 0 Å². The van der Waals surface area contributed by atoms with Crippen LogP contribution in [-0.4, -0.2) is 25.3 Å². The maximum absolute atomic E-state index is 13.0. The molecule has 1 aromatic rings. The summed E-state index contributed by atoms with van der Waals surface area (Å²) < 4.78 is 25.7. The summed E-state index contributed by atoms with van der Waals surface area (Å²) in [6.45, 7) is 0.887. The number of rotatable bonds is 2. The van der Waals surface area contributed by atoms with E-state index in [9.17, 15) is 8.78 Å². The van der Waals surface area contributed by atoms with Gasteiger partial charge in [0.05, 0.1) is 0 Å². The molecular formula is C12H16F2N2. The summed E-state index contributed by atoms with van der Waals surface area (Å²) in [5.41, 5.74) is 6.02. The minimum atomic E-state index is -0.677. The number of nitrogens with zero attached hydrogens (tertiary/aromatic N) is 1. The minimum Gasteiger partial charge on any atom is -0.371 e. The molecule has 0 amide bonds. The molecule has 0 aliphatic carbocycles. The molecule has 1 aromatic carbocycles. The number of nitrogens with two attached hydrogens (primary N) is 1. The Morgan fingerprint density at radius 3 is 2.56 bits per heavy atom. The zero-order valence-electron chi connectivity index (χ0n) is 9.13. The summed E-state index contributed by atoms with van der Waals surface area (Å²) >= 11 is 0. The van der Waals surface area contributed by atoms with Gasteiger partial charge in [0.1, 0.15) is 12.5 Å². The van der Waals surface area contributed by atoms with E-state index >= 15 is 0 Å². The first kappa shape index (κ1) is 11.3. The highest BCUT2D eigenvalue weighted by Crippen LogP contribution is 2.25. The predicted molar refractivity (Wildman–Crippen MR) is 60.7 cm³/mol. The minimum absolute atomic E-state index is 0.243. The second-order valence-corrected chi connectivity index (χ2v) is 4.46. The first-order chi connectivity index (χ1) is 7.63. The fraction of sp³-hybridized carbons (Fsp3) is 0.500. The topological polar surface area (TPSA) is 29.3 Å². The van der Waals surface area contributed by atoms with Gasteiger partial charge in [-0.1, -0.05) is 6.07 Å². The molecule has 0 unspecified atom stereocenters. The molecule has 1 saturated heterocycles. The number of piperidine rings is 1. The zero-order chi connectivity index (χ0) is 11.6. The summed E-state index contributed by atoms with van der Waals surface area (Å²) in [6.07, 6.45) is 1.22. The van der Waals surface area contributed by atoms with Crippen LogP contribution in [-0.2, 0) is 0 Å². The maximum atomic E-state index is 13.0. The van der Waals surface area contributed by atoms with Gasteiger partial charge in [-0.25, -0.2) is 8.78 Å². The van der Waals surface area contributed by atoms with Crippen LogP contribution in [0.15, 0.2) is 24.3 Å². The lowest BCUT2D eigenvalue weighted by Gasteiger charge is -2.38. The Labute approximate surface area is 94.0 Å². The predicted octanol–water partition coefficient (Wildman–Crippen LogP) is 2.09. The van der Waals surface area contributed by atoms with Crippen molar-refractivity contribution in [2.45, 2.75) is 18.4 Å². The lowest BCUT2D eigenvalue weighted by atomic mass is 9.90. The number of alkyl halides is 1. The third-order valence-corrected chi connectivity index (χ3v) is 3.20. The number of hydrogen-bond donors (Lipinski definition) is 1. The molecule has 1 fully saturated rings. The second-order valence-electron chi connectivity index (χ2n) is 4.46. The van der Waals surface area contributed by atoms with Gasteiger partial charge in [0, 0.05) is 24.3 Å². The van der Waals surface area contributed by atoms with Crippen LogP contribution in [0.2, 0.25) is 0 Å². The van der Waals surface area contributed by atoms with Gasteiger partial charge in [0.15, 0.2) is 0 Å². The molecule has 0 aromatic heterocycles. The van der Waals surface area contributed by atoms with Crippen LogP contribution in [0.3, 0.4) is 0 Å². The molecule has 0 bridgehead atoms. The molecular weight excluding hydrogens is 210 g/mol. The molecule has 0 saturated carbocycles. The van der Waals surface area contributed by atoms with E-state index in [1.807, 2.05) is 11.0 Å². The Bertz CT molecular complexity index is 360. The van der Waals surface area contributed by atoms with E-state index < -0.39 is 12.2 Å². The lowest BCUT2D eigenvalue weighted by molar-refractivity contribution is 0.255. The monoisotopic (exact) mass is 226 g/mol. The molecule has 2 rings (SSSR count). The van der Waals surface area contributed by atoms with E-state index in [4.69, 9.17) is 5.73 Å². The Hall–Kier alpha value is -1.16. The molecule has 2 nitrogen and oxygen atoms in total. The molecule has 0 spiro atoms. The molecule has 16 heavy (non-hydrogen) atoms. The van der Waals surface area contributed by atoms with Crippen molar-refractivity contribution in [2.75, 3.05) is 24.7 Å². The van der Waals surface area contributed by atoms with Crippen molar-refractivity contribution >= 4 is 5.69 Å². The summed E-state index contributed by atoms with van der Waals surface area (Å²) in [5.74, 6) is -0.243. The summed E-state index contributed by atoms with van der Waals surface area (Å²) in [6, 6.07) is 6.47. The molecule has 1 aliphatic heterocycles. The van der Waals surface area contributed by atoms with Gasteiger partial charge in [-0.2, -0.15) is 0 Å². The first-order valence-corrected chi connectivity index (χ1v) is 5.48. The Balaban J connectivity index is 2.04. The lowest BCUT2D eigenvalue weighted by Crippen LogP contribution is -2.52. The number of anilines is 1. The van der Waals surface area contributed by atoms with Crippen molar-refractivity contribution in [1.29, 1.82) is 0 Å². The average Bonchev–Trinajstić information content (AvgIpc) is 2.30. The van der Waals surface area contributed by atoms with Crippen molar-refractivity contribution in [2.24, 2.45) is 5.73 Å². The van der Waals surface area contributed by atoms with Crippen molar-refractivity contribution in [3.63, 3.8) is 0 Å². The largest absolute Gasteiger partial charge is 0.371 e. The maximum Gasteiger partial charge on any atom is 0.125 e. The molecule has 1 aliphatic rings. The van der Waals surface area contributed by atoms with Crippen LogP contribution in [0, 0.1) is 5.82 Å². The van der Waals surface area contributed by atoms with Crippen LogP contribution >= 0.6 is 0 Å². The van der Waals surface area contributed by atoms with Crippen LogP contribution in [0.1, 0.15) is 12.8 Å². The molecule has 2 N–H and O–H groups in total. The third kappa shape index (κ3) is 2.32. The Morgan fingerprint density at radius 2 is 2.00 bits per heavy atom. The number of benzene rings is 1. The van der Waals surface area contributed by atoms with Crippen molar-refractivity contribution in [1.82, 2.24) is 0 Å². The standard InChI is InChI=1S/C12H16F2N2/c13-9-12(15)4-6-16(7-5-12)11-3-1-2-10(14)8-11/h1-3,8H,4-7,9,15H2. The normalized spacial score (nSPS) is 19.8. The molecule has 0 radical (unpaired) electrons. The van der Waals surface area contributed by atoms with E-state index in [1.165, 1.54) is 12.1 Å². The molecule has 0 atom stereocenters. The molecule has 4 heteroatoms. The summed E-state index contributed by atoms with van der Waals surface area (Å²) in [7, 11) is 0.